The number of methoxy groups -OCH3 is 1. The van der Waals surface area contributed by atoms with E-state index in [-0.39, 0.29) is 25.2 Å². The smallest absolute Gasteiger partial charge is 0.248 e. The van der Waals surface area contributed by atoms with Gasteiger partial charge in [-0.1, -0.05) is 13.8 Å². The summed E-state index contributed by atoms with van der Waals surface area (Å²) in [6.45, 7) is 14.4. The fourth-order valence-electron chi connectivity index (χ4n) is 4.27. The highest BCUT2D eigenvalue weighted by molar-refractivity contribution is 7.99. The number of likely N-dealkylation sites (N-methyl/N-ethyl adjacent to an activating group) is 2. The standard InChI is InChI=1S/C24H41N3O5S2/c1-7-25(8-2)10-11-26(9-3)23(28)17-32-16-21-18-33-13-12-27(21)34(29,30)24-19(4)14-22(31-6)15-20(24)5/h14-15,21H,7-13,16-18H2,1-6H3. The molecular formula is C24H41N3O5S2. The Morgan fingerprint density at radius 1 is 1.12 bits per heavy atom. The topological polar surface area (TPSA) is 79.4 Å². The van der Waals surface area contributed by atoms with Gasteiger partial charge >= 0.3 is 0 Å². The van der Waals surface area contributed by atoms with Crippen molar-refractivity contribution in [1.29, 1.82) is 0 Å². The van der Waals surface area contributed by atoms with Gasteiger partial charge in [0.2, 0.25) is 15.9 Å². The normalized spacial score (nSPS) is 17.2. The summed E-state index contributed by atoms with van der Waals surface area (Å²) in [6.07, 6.45) is 0. The highest BCUT2D eigenvalue weighted by atomic mass is 32.2. The van der Waals surface area contributed by atoms with E-state index < -0.39 is 10.0 Å². The molecule has 1 atom stereocenters. The molecule has 1 amide bonds. The van der Waals surface area contributed by atoms with Gasteiger partial charge < -0.3 is 19.3 Å². The van der Waals surface area contributed by atoms with Crippen molar-refractivity contribution in [2.24, 2.45) is 0 Å². The number of hydrogen-bond acceptors (Lipinski definition) is 7. The zero-order chi connectivity index (χ0) is 25.3. The number of rotatable bonds is 13. The summed E-state index contributed by atoms with van der Waals surface area (Å²) in [5, 5.41) is 0. The average Bonchev–Trinajstić information content (AvgIpc) is 2.81. The third-order valence-electron chi connectivity index (χ3n) is 6.26. The lowest BCUT2D eigenvalue weighted by Gasteiger charge is -2.35. The van der Waals surface area contributed by atoms with Gasteiger partial charge in [0.15, 0.2) is 0 Å². The van der Waals surface area contributed by atoms with Gasteiger partial charge in [0.05, 0.1) is 24.7 Å². The number of nitrogens with zero attached hydrogens (tertiary/aromatic N) is 3. The molecule has 1 aromatic rings. The minimum Gasteiger partial charge on any atom is -0.497 e. The van der Waals surface area contributed by atoms with Crippen molar-refractivity contribution in [3.63, 3.8) is 0 Å². The Balaban J connectivity index is 2.05. The van der Waals surface area contributed by atoms with Crippen molar-refractivity contribution in [2.75, 3.05) is 71.1 Å². The van der Waals surface area contributed by atoms with Gasteiger partial charge in [-0.3, -0.25) is 4.79 Å². The third kappa shape index (κ3) is 7.34. The molecule has 0 saturated carbocycles. The van der Waals surface area contributed by atoms with Gasteiger partial charge in [0.25, 0.3) is 0 Å². The van der Waals surface area contributed by atoms with Crippen molar-refractivity contribution in [1.82, 2.24) is 14.1 Å². The average molecular weight is 516 g/mol. The van der Waals surface area contributed by atoms with Crippen molar-refractivity contribution in [3.8, 4) is 5.75 Å². The summed E-state index contributed by atoms with van der Waals surface area (Å²) < 4.78 is 39.9. The molecule has 0 bridgehead atoms. The molecule has 1 saturated heterocycles. The number of amides is 1. The van der Waals surface area contributed by atoms with Gasteiger partial charge in [0.1, 0.15) is 12.4 Å². The van der Waals surface area contributed by atoms with E-state index in [1.807, 2.05) is 6.92 Å². The Bertz CT molecular complexity index is 883. The third-order valence-corrected chi connectivity index (χ3v) is 9.61. The molecule has 0 N–H and O–H groups in total. The minimum absolute atomic E-state index is 0.0399. The molecule has 1 aliphatic rings. The largest absolute Gasteiger partial charge is 0.497 e. The van der Waals surface area contributed by atoms with Crippen LogP contribution in [0.5, 0.6) is 5.75 Å². The fraction of sp³-hybridized carbons (Fsp3) is 0.708. The van der Waals surface area contributed by atoms with Crippen LogP contribution in [-0.2, 0) is 19.6 Å². The molecule has 10 heteroatoms. The van der Waals surface area contributed by atoms with Crippen LogP contribution in [0.3, 0.4) is 0 Å². The number of ether oxygens (including phenoxy) is 2. The van der Waals surface area contributed by atoms with E-state index >= 15 is 0 Å². The maximum absolute atomic E-state index is 13.6. The van der Waals surface area contributed by atoms with Crippen LogP contribution in [0.2, 0.25) is 0 Å². The second-order valence-electron chi connectivity index (χ2n) is 8.45. The van der Waals surface area contributed by atoms with Crippen LogP contribution in [0.4, 0.5) is 0 Å². The molecule has 2 rings (SSSR count). The Hall–Kier alpha value is -1.33. The maximum Gasteiger partial charge on any atom is 0.248 e. The summed E-state index contributed by atoms with van der Waals surface area (Å²) in [4.78, 5) is 17.1. The van der Waals surface area contributed by atoms with Crippen molar-refractivity contribution < 1.29 is 22.7 Å². The second kappa shape index (κ2) is 13.7. The lowest BCUT2D eigenvalue weighted by Crippen LogP contribution is -2.49. The quantitative estimate of drug-likeness (QED) is 0.400. The number of aryl methyl sites for hydroxylation is 2. The number of sulfonamides is 1. The van der Waals surface area contributed by atoms with E-state index in [9.17, 15) is 13.2 Å². The molecule has 34 heavy (non-hydrogen) atoms. The van der Waals surface area contributed by atoms with Gasteiger partial charge in [-0.2, -0.15) is 16.1 Å². The summed E-state index contributed by atoms with van der Waals surface area (Å²) in [5.41, 5.74) is 1.33. The SMILES string of the molecule is CCN(CC)CCN(CC)C(=O)COCC1CSCCN1S(=O)(=O)c1c(C)cc(OC)cc1C. The first kappa shape index (κ1) is 28.9. The minimum atomic E-state index is -3.71. The van der Waals surface area contributed by atoms with Crippen LogP contribution < -0.4 is 4.74 Å². The van der Waals surface area contributed by atoms with Crippen LogP contribution in [0.1, 0.15) is 31.9 Å². The van der Waals surface area contributed by atoms with Gasteiger partial charge in [-0.15, -0.1) is 0 Å². The molecule has 0 aromatic heterocycles. The molecule has 0 spiro atoms. The predicted octanol–water partition coefficient (Wildman–Crippen LogP) is 2.63. The predicted molar refractivity (Wildman–Crippen MR) is 138 cm³/mol. The molecular weight excluding hydrogens is 474 g/mol. The highest BCUT2D eigenvalue weighted by Crippen LogP contribution is 2.31. The fourth-order valence-corrected chi connectivity index (χ4v) is 7.55. The van der Waals surface area contributed by atoms with Crippen LogP contribution in [0, 0.1) is 13.8 Å². The van der Waals surface area contributed by atoms with Gasteiger partial charge in [0, 0.05) is 37.7 Å². The molecule has 194 valence electrons. The number of thioether (sulfide) groups is 1. The van der Waals surface area contributed by atoms with E-state index in [0.29, 0.717) is 47.2 Å². The summed E-state index contributed by atoms with van der Waals surface area (Å²) >= 11 is 1.71. The van der Waals surface area contributed by atoms with Crippen molar-refractivity contribution >= 4 is 27.7 Å². The second-order valence-corrected chi connectivity index (χ2v) is 11.4. The maximum atomic E-state index is 13.6. The monoisotopic (exact) mass is 515 g/mol. The number of hydrogen-bond donors (Lipinski definition) is 0. The van der Waals surface area contributed by atoms with Crippen molar-refractivity contribution in [2.45, 2.75) is 45.6 Å². The zero-order valence-corrected chi connectivity index (χ0v) is 23.1. The van der Waals surface area contributed by atoms with Crippen LogP contribution in [0.25, 0.3) is 0 Å². The van der Waals surface area contributed by atoms with E-state index in [1.165, 1.54) is 0 Å². The Morgan fingerprint density at radius 2 is 1.76 bits per heavy atom. The first-order valence-corrected chi connectivity index (χ1v) is 14.6. The van der Waals surface area contributed by atoms with Crippen molar-refractivity contribution in [3.05, 3.63) is 23.3 Å². The lowest BCUT2D eigenvalue weighted by atomic mass is 10.1. The summed E-state index contributed by atoms with van der Waals surface area (Å²) in [5.74, 6) is 1.95. The van der Waals surface area contributed by atoms with Crippen LogP contribution >= 0.6 is 11.8 Å². The van der Waals surface area contributed by atoms with E-state index in [1.54, 1.807) is 54.1 Å². The number of carbonyl (C=O) groups excluding carboxylic acids is 1. The molecule has 0 radical (unpaired) electrons. The van der Waals surface area contributed by atoms with Crippen LogP contribution in [-0.4, -0.2) is 106 Å². The van der Waals surface area contributed by atoms with E-state index in [2.05, 4.69) is 18.7 Å². The van der Waals surface area contributed by atoms with E-state index in [4.69, 9.17) is 9.47 Å². The molecule has 1 aromatic carbocycles. The Labute approximate surface area is 210 Å². The molecule has 1 heterocycles. The van der Waals surface area contributed by atoms with E-state index in [0.717, 1.165) is 25.4 Å². The number of carbonyl (C=O) groups is 1. The van der Waals surface area contributed by atoms with Crippen LogP contribution in [0.15, 0.2) is 17.0 Å². The molecule has 1 aliphatic heterocycles. The lowest BCUT2D eigenvalue weighted by molar-refractivity contribution is -0.136. The molecule has 1 fully saturated rings. The summed E-state index contributed by atoms with van der Waals surface area (Å²) in [6, 6.07) is 3.18. The highest BCUT2D eigenvalue weighted by Gasteiger charge is 2.36. The first-order valence-electron chi connectivity index (χ1n) is 12.0. The van der Waals surface area contributed by atoms with Gasteiger partial charge in [-0.25, -0.2) is 8.42 Å². The summed E-state index contributed by atoms with van der Waals surface area (Å²) in [7, 11) is -2.14. The number of benzene rings is 1. The zero-order valence-electron chi connectivity index (χ0n) is 21.5. The molecule has 1 unspecified atom stereocenters. The molecule has 8 nitrogen and oxygen atoms in total. The molecule has 0 aliphatic carbocycles. The van der Waals surface area contributed by atoms with Gasteiger partial charge in [-0.05, 0) is 57.1 Å². The Morgan fingerprint density at radius 3 is 2.32 bits per heavy atom. The first-order chi connectivity index (χ1) is 16.2. The Kier molecular flexibility index (Phi) is 11.6.